The monoisotopic (exact) mass is 270 g/mol. The summed E-state index contributed by atoms with van der Waals surface area (Å²) in [5.74, 6) is -0.318. The molecule has 108 valence electrons. The summed E-state index contributed by atoms with van der Waals surface area (Å²) in [6.07, 6.45) is 2.03. The topological polar surface area (TPSA) is 63.6 Å². The maximum atomic E-state index is 11.7. The Hall–Kier alpha value is -1.36. The van der Waals surface area contributed by atoms with Gasteiger partial charge in [0.05, 0.1) is 19.7 Å². The van der Waals surface area contributed by atoms with E-state index in [1.54, 1.807) is 6.92 Å². The highest BCUT2D eigenvalue weighted by molar-refractivity contribution is 5.88. The Labute approximate surface area is 114 Å². The van der Waals surface area contributed by atoms with Crippen molar-refractivity contribution in [2.45, 2.75) is 46.1 Å². The number of nitrogens with zero attached hydrogens (tertiary/aromatic N) is 1. The Balaban J connectivity index is 2.92. The summed E-state index contributed by atoms with van der Waals surface area (Å²) in [4.78, 5) is 23.4. The van der Waals surface area contributed by atoms with Crippen molar-refractivity contribution in [3.63, 3.8) is 0 Å². The van der Waals surface area contributed by atoms with Crippen LogP contribution in [0.25, 0.3) is 0 Å². The summed E-state index contributed by atoms with van der Waals surface area (Å²) < 4.78 is 4.97. The molecule has 19 heavy (non-hydrogen) atoms. The number of ether oxygens (including phenoxy) is 1. The Morgan fingerprint density at radius 2 is 2.00 bits per heavy atom. The number of carbonyl (C=O) groups is 2. The van der Waals surface area contributed by atoms with Crippen molar-refractivity contribution < 1.29 is 23.9 Å². The van der Waals surface area contributed by atoms with E-state index in [2.05, 4.69) is 0 Å². The van der Waals surface area contributed by atoms with E-state index in [-0.39, 0.29) is 10.5 Å². The van der Waals surface area contributed by atoms with E-state index in [1.165, 1.54) is 0 Å². The highest BCUT2D eigenvalue weighted by Gasteiger charge is 2.48. The van der Waals surface area contributed by atoms with Crippen molar-refractivity contribution in [3.8, 4) is 0 Å². The third-order valence-corrected chi connectivity index (χ3v) is 3.85. The summed E-state index contributed by atoms with van der Waals surface area (Å²) in [5, 5.41) is 9.61. The van der Waals surface area contributed by atoms with Crippen LogP contribution in [-0.4, -0.2) is 46.9 Å². The van der Waals surface area contributed by atoms with E-state index in [0.29, 0.717) is 38.1 Å². The Kier molecular flexibility index (Phi) is 4.74. The minimum absolute atomic E-state index is 0.0214. The van der Waals surface area contributed by atoms with Gasteiger partial charge < -0.3 is 9.84 Å². The summed E-state index contributed by atoms with van der Waals surface area (Å²) in [6.45, 7) is 8.81. The highest BCUT2D eigenvalue weighted by Crippen LogP contribution is 2.30. The van der Waals surface area contributed by atoms with E-state index >= 15 is 0 Å². The zero-order valence-corrected chi connectivity index (χ0v) is 12.2. The van der Waals surface area contributed by atoms with Crippen molar-refractivity contribution in [2.75, 3.05) is 19.7 Å². The first-order valence-electron chi connectivity index (χ1n) is 6.71. The van der Waals surface area contributed by atoms with Crippen molar-refractivity contribution >= 4 is 12.1 Å². The van der Waals surface area contributed by atoms with Crippen LogP contribution in [0.4, 0.5) is 4.79 Å². The van der Waals surface area contributed by atoms with Crippen LogP contribution in [0.3, 0.4) is 0 Å². The molecule has 1 aliphatic rings. The van der Waals surface area contributed by atoms with Gasteiger partial charge in [-0.2, -0.15) is 4.79 Å². The smallest absolute Gasteiger partial charge is 0.463 e. The predicted molar refractivity (Wildman–Crippen MR) is 71.7 cm³/mol. The first-order valence-corrected chi connectivity index (χ1v) is 6.71. The number of quaternary nitrogens is 1. The molecule has 0 spiro atoms. The molecular formula is C14H24NO4+. The van der Waals surface area contributed by atoms with E-state index < -0.39 is 11.6 Å². The molecule has 5 nitrogen and oxygen atoms in total. The minimum Gasteiger partial charge on any atom is -0.463 e. The fourth-order valence-electron chi connectivity index (χ4n) is 2.54. The average Bonchev–Trinajstić information content (AvgIpc) is 2.51. The van der Waals surface area contributed by atoms with Gasteiger partial charge in [0.25, 0.3) is 0 Å². The number of esters is 1. The second kappa shape index (κ2) is 5.74. The highest BCUT2D eigenvalue weighted by atomic mass is 16.5. The van der Waals surface area contributed by atoms with Gasteiger partial charge >= 0.3 is 12.1 Å². The molecular weight excluding hydrogens is 246 g/mol. The number of hydrogen-bond acceptors (Lipinski definition) is 3. The molecule has 0 radical (unpaired) electrons. The molecule has 1 amide bonds. The van der Waals surface area contributed by atoms with Crippen LogP contribution < -0.4 is 0 Å². The Morgan fingerprint density at radius 1 is 1.37 bits per heavy atom. The van der Waals surface area contributed by atoms with Gasteiger partial charge in [-0.1, -0.05) is 6.08 Å². The molecule has 0 aromatic carbocycles. The van der Waals surface area contributed by atoms with E-state index in [0.717, 1.165) is 0 Å². The van der Waals surface area contributed by atoms with Gasteiger partial charge in [-0.3, -0.25) is 0 Å². The fourth-order valence-corrected chi connectivity index (χ4v) is 2.54. The lowest BCUT2D eigenvalue weighted by molar-refractivity contribution is -0.902. The molecule has 5 heteroatoms. The molecule has 0 fully saturated rings. The van der Waals surface area contributed by atoms with E-state index in [4.69, 9.17) is 4.74 Å². The van der Waals surface area contributed by atoms with Crippen LogP contribution in [0.15, 0.2) is 11.6 Å². The lowest BCUT2D eigenvalue weighted by atomic mass is 10.0. The molecule has 1 unspecified atom stereocenters. The Bertz CT molecular complexity index is 395. The lowest BCUT2D eigenvalue weighted by Gasteiger charge is -2.42. The minimum atomic E-state index is -0.828. The fraction of sp³-hybridized carbons (Fsp3) is 0.714. The SMILES string of the molecule is CCOC(=O)C1=CCC[N+](C(=O)O)(C(C)(C)C)CC1. The number of amides is 1. The number of carbonyl (C=O) groups excluding carboxylic acids is 1. The van der Waals surface area contributed by atoms with Gasteiger partial charge in [-0.05, 0) is 27.7 Å². The Morgan fingerprint density at radius 3 is 2.47 bits per heavy atom. The van der Waals surface area contributed by atoms with Gasteiger partial charge in [0.15, 0.2) is 0 Å². The third-order valence-electron chi connectivity index (χ3n) is 3.85. The van der Waals surface area contributed by atoms with Crippen LogP contribution in [0.1, 0.15) is 40.5 Å². The zero-order chi connectivity index (χ0) is 14.7. The molecule has 0 aromatic heterocycles. The van der Waals surface area contributed by atoms with Gasteiger partial charge in [-0.25, -0.2) is 9.28 Å². The summed E-state index contributed by atoms with van der Waals surface area (Å²) in [6, 6.07) is 0. The van der Waals surface area contributed by atoms with Gasteiger partial charge in [0.2, 0.25) is 0 Å². The van der Waals surface area contributed by atoms with Gasteiger partial charge in [0, 0.05) is 18.4 Å². The number of carboxylic acid groups (broad SMARTS) is 1. The van der Waals surface area contributed by atoms with Gasteiger partial charge in [0.1, 0.15) is 5.54 Å². The second-order valence-electron chi connectivity index (χ2n) is 5.86. The van der Waals surface area contributed by atoms with Gasteiger partial charge in [-0.15, -0.1) is 0 Å². The molecule has 0 saturated carbocycles. The maximum Gasteiger partial charge on any atom is 0.514 e. The summed E-state index contributed by atoms with van der Waals surface area (Å²) in [7, 11) is 0. The maximum absolute atomic E-state index is 11.7. The quantitative estimate of drug-likeness (QED) is 0.618. The average molecular weight is 270 g/mol. The molecule has 1 heterocycles. The van der Waals surface area contributed by atoms with Crippen molar-refractivity contribution in [1.82, 2.24) is 0 Å². The first-order chi connectivity index (χ1) is 8.74. The molecule has 0 bridgehead atoms. The molecule has 0 aromatic rings. The molecule has 1 aliphatic heterocycles. The van der Waals surface area contributed by atoms with Crippen LogP contribution in [0, 0.1) is 0 Å². The van der Waals surface area contributed by atoms with E-state index in [1.807, 2.05) is 26.8 Å². The van der Waals surface area contributed by atoms with E-state index in [9.17, 15) is 14.7 Å². The van der Waals surface area contributed by atoms with Crippen LogP contribution in [0.5, 0.6) is 0 Å². The standard InChI is InChI=1S/C14H23NO4/c1-5-19-12(16)11-7-6-9-15(10-8-11,13(17)18)14(2,3)4/h7H,5-6,8-10H2,1-4H3/p+1. The molecule has 1 rings (SSSR count). The van der Waals surface area contributed by atoms with Crippen molar-refractivity contribution in [2.24, 2.45) is 0 Å². The molecule has 1 atom stereocenters. The largest absolute Gasteiger partial charge is 0.514 e. The number of rotatable bonds is 2. The second-order valence-corrected chi connectivity index (χ2v) is 5.86. The first kappa shape index (κ1) is 15.7. The van der Waals surface area contributed by atoms with Crippen LogP contribution in [-0.2, 0) is 9.53 Å². The van der Waals surface area contributed by atoms with Crippen molar-refractivity contribution in [3.05, 3.63) is 11.6 Å². The normalized spacial score (nSPS) is 24.3. The lowest BCUT2D eigenvalue weighted by Crippen LogP contribution is -2.63. The van der Waals surface area contributed by atoms with Crippen LogP contribution in [0.2, 0.25) is 0 Å². The van der Waals surface area contributed by atoms with Crippen molar-refractivity contribution in [1.29, 1.82) is 0 Å². The zero-order valence-electron chi connectivity index (χ0n) is 12.2. The predicted octanol–water partition coefficient (Wildman–Crippen LogP) is 2.56. The summed E-state index contributed by atoms with van der Waals surface area (Å²) in [5.41, 5.74) is 0.205. The van der Waals surface area contributed by atoms with Crippen LogP contribution >= 0.6 is 0 Å². The molecule has 0 saturated heterocycles. The molecule has 1 N–H and O–H groups in total. The summed E-state index contributed by atoms with van der Waals surface area (Å²) >= 11 is 0. The third kappa shape index (κ3) is 3.15. The number of hydrogen-bond donors (Lipinski definition) is 1. The molecule has 0 aliphatic carbocycles.